The van der Waals surface area contributed by atoms with Crippen LogP contribution in [0.3, 0.4) is 0 Å². The van der Waals surface area contributed by atoms with Gasteiger partial charge in [0.2, 0.25) is 0 Å². The second-order valence-corrected chi connectivity index (χ2v) is 23.3. The summed E-state index contributed by atoms with van der Waals surface area (Å²) >= 11 is 0. The van der Waals surface area contributed by atoms with E-state index in [1.807, 2.05) is 20.8 Å². The number of carbonyl (C=O) groups is 4. The maximum Gasteiger partial charge on any atom is 0.293 e. The molecule has 0 aromatic heterocycles. The largest absolute Gasteiger partial charge is 0.468 e. The molecule has 1 saturated heterocycles. The van der Waals surface area contributed by atoms with Crippen molar-refractivity contribution in [3.05, 3.63) is 0 Å². The SMILES string of the molecule is CC.CC(C)C.CCCC=O.CCCCCCCCC(CCCCCC)C(C)CC.CCCCCCCCC(CCCCCCCC)C(C)C(=O)CCCCCCCOC=O.COC1CCN(CCCCCC(C)=O)C1. The predicted molar refractivity (Wildman–Crippen MR) is 337 cm³/mol. The number of hydrogen-bond donors (Lipinski definition) is 0. The highest BCUT2D eigenvalue weighted by molar-refractivity contribution is 5.80. The summed E-state index contributed by atoms with van der Waals surface area (Å²) in [4.78, 5) is 45.6. The first-order chi connectivity index (χ1) is 36.8. The van der Waals surface area contributed by atoms with Crippen LogP contribution >= 0.6 is 0 Å². The van der Waals surface area contributed by atoms with Crippen molar-refractivity contribution in [2.75, 3.05) is 33.4 Å². The molecule has 0 N–H and O–H groups in total. The topological polar surface area (TPSA) is 90.0 Å². The van der Waals surface area contributed by atoms with E-state index in [4.69, 9.17) is 9.47 Å². The predicted octanol–water partition coefficient (Wildman–Crippen LogP) is 21.7. The Balaban J connectivity index is -0.000000317. The number of ether oxygens (including phenoxy) is 2. The van der Waals surface area contributed by atoms with Crippen LogP contribution in [0.2, 0.25) is 0 Å². The zero-order valence-corrected chi connectivity index (χ0v) is 54.6. The van der Waals surface area contributed by atoms with Crippen molar-refractivity contribution in [2.24, 2.45) is 29.6 Å². The zero-order chi connectivity index (χ0) is 58.1. The number of nitrogens with zero attached hydrogens (tertiary/aromatic N) is 1. The van der Waals surface area contributed by atoms with Crippen LogP contribution in [0, 0.1) is 29.6 Å². The summed E-state index contributed by atoms with van der Waals surface area (Å²) in [6.45, 7) is 34.8. The molecule has 4 atom stereocenters. The first-order valence-electron chi connectivity index (χ1n) is 33.6. The van der Waals surface area contributed by atoms with Gasteiger partial charge in [-0.05, 0) is 88.5 Å². The fourth-order valence-corrected chi connectivity index (χ4v) is 9.84. The van der Waals surface area contributed by atoms with Gasteiger partial charge in [-0.2, -0.15) is 0 Å². The van der Waals surface area contributed by atoms with Gasteiger partial charge in [-0.25, -0.2) is 0 Å². The molecule has 0 spiro atoms. The molecular weight excluding hydrogens is 939 g/mol. The van der Waals surface area contributed by atoms with E-state index >= 15 is 0 Å². The first kappa shape index (κ1) is 83.2. The van der Waals surface area contributed by atoms with E-state index in [-0.39, 0.29) is 5.92 Å². The third-order valence-electron chi connectivity index (χ3n) is 15.1. The Kier molecular flexibility index (Phi) is 78.2. The van der Waals surface area contributed by atoms with Gasteiger partial charge in [0, 0.05) is 45.4 Å². The van der Waals surface area contributed by atoms with Crippen LogP contribution in [0.1, 0.15) is 354 Å². The minimum absolute atomic E-state index is 0.229. The molecule has 0 amide bonds. The fourth-order valence-electron chi connectivity index (χ4n) is 9.84. The number of unbranched alkanes of at least 4 members (excludes halogenated alkanes) is 25. The van der Waals surface area contributed by atoms with Crippen molar-refractivity contribution in [2.45, 2.75) is 360 Å². The Hall–Kier alpha value is -1.60. The van der Waals surface area contributed by atoms with Gasteiger partial charge in [-0.15, -0.1) is 0 Å². The Morgan fingerprint density at radius 1 is 0.526 bits per heavy atom. The number of rotatable bonds is 48. The van der Waals surface area contributed by atoms with E-state index < -0.39 is 0 Å². The van der Waals surface area contributed by atoms with Crippen LogP contribution in [0.15, 0.2) is 0 Å². The second kappa shape index (κ2) is 71.4. The van der Waals surface area contributed by atoms with Crippen LogP contribution in [-0.4, -0.2) is 68.7 Å². The van der Waals surface area contributed by atoms with Gasteiger partial charge in [0.1, 0.15) is 17.9 Å². The first-order valence-corrected chi connectivity index (χ1v) is 33.6. The Morgan fingerprint density at radius 2 is 0.921 bits per heavy atom. The van der Waals surface area contributed by atoms with Crippen LogP contribution in [0.5, 0.6) is 0 Å². The lowest BCUT2D eigenvalue weighted by Crippen LogP contribution is -2.23. The monoisotopic (exact) mass is 1080 g/mol. The molecular formula is C69H141NO6. The molecule has 0 radical (unpaired) electrons. The van der Waals surface area contributed by atoms with Gasteiger partial charge < -0.3 is 24.0 Å². The molecule has 0 aromatic rings. The van der Waals surface area contributed by atoms with Gasteiger partial charge in [0.25, 0.3) is 6.47 Å². The van der Waals surface area contributed by atoms with Crippen molar-refractivity contribution in [1.82, 2.24) is 4.90 Å². The molecule has 76 heavy (non-hydrogen) atoms. The van der Waals surface area contributed by atoms with Gasteiger partial charge >= 0.3 is 0 Å². The van der Waals surface area contributed by atoms with E-state index in [0.29, 0.717) is 43.1 Å². The highest BCUT2D eigenvalue weighted by Crippen LogP contribution is 2.29. The standard InChI is InChI=1S/C28H54O3.C19H40.C12H23NO2.C4H8O.C4H10.C2H6/c1-4-6-8-10-13-17-21-27(22-18-14-11-9-7-5-2)26(3)28(30)23-19-15-12-16-20-24-31-25-29;1-5-8-10-12-13-15-17-19(18(4)7-3)16-14-11-9-6-2;1-11(14)6-4-3-5-8-13-9-7-12(10-13)15-2;1-2-3-4-5;1-4(2)3;1-2/h25-27H,4-24H2,1-3H3;18-19H,5-17H2,1-4H3;12H,3-10H2,1-2H3;4H,2-3H2,1H3;4H,1-3H3;1-2H3. The Bertz CT molecular complexity index is 1090. The van der Waals surface area contributed by atoms with E-state index in [1.165, 1.54) is 199 Å². The number of hydrogen-bond acceptors (Lipinski definition) is 7. The Labute approximate surface area is 478 Å². The van der Waals surface area contributed by atoms with Crippen molar-refractivity contribution < 1.29 is 28.7 Å². The third-order valence-corrected chi connectivity index (χ3v) is 15.1. The molecule has 7 heteroatoms. The molecule has 0 saturated carbocycles. The van der Waals surface area contributed by atoms with Gasteiger partial charge in [-0.1, -0.05) is 276 Å². The molecule has 1 heterocycles. The summed E-state index contributed by atoms with van der Waals surface area (Å²) in [5.74, 6) is 4.41. The van der Waals surface area contributed by atoms with Gasteiger partial charge in [0.15, 0.2) is 0 Å². The summed E-state index contributed by atoms with van der Waals surface area (Å²) < 4.78 is 10.0. The smallest absolute Gasteiger partial charge is 0.293 e. The summed E-state index contributed by atoms with van der Waals surface area (Å²) in [5.41, 5.74) is 0. The van der Waals surface area contributed by atoms with E-state index in [0.717, 1.165) is 94.9 Å². The Morgan fingerprint density at radius 3 is 1.30 bits per heavy atom. The van der Waals surface area contributed by atoms with E-state index in [1.54, 1.807) is 14.0 Å². The molecule has 458 valence electrons. The van der Waals surface area contributed by atoms with Gasteiger partial charge in [-0.3, -0.25) is 9.59 Å². The average molecular weight is 1080 g/mol. The maximum atomic E-state index is 12.8. The lowest BCUT2D eigenvalue weighted by molar-refractivity contribution is -0.129. The summed E-state index contributed by atoms with van der Waals surface area (Å²) in [6.07, 6.45) is 51.7. The molecule has 1 aliphatic rings. The normalized spacial score (nSPS) is 14.0. The number of carbonyl (C=O) groups excluding carboxylic acids is 4. The van der Waals surface area contributed by atoms with Crippen molar-refractivity contribution in [3.8, 4) is 0 Å². The van der Waals surface area contributed by atoms with Crippen LogP contribution < -0.4 is 0 Å². The summed E-state index contributed by atoms with van der Waals surface area (Å²) in [6, 6.07) is 0. The fraction of sp³-hybridized carbons (Fsp3) is 0.942. The molecule has 4 unspecified atom stereocenters. The van der Waals surface area contributed by atoms with Crippen LogP contribution in [0.25, 0.3) is 0 Å². The van der Waals surface area contributed by atoms with Crippen molar-refractivity contribution >= 4 is 24.3 Å². The number of methoxy groups -OCH3 is 1. The van der Waals surface area contributed by atoms with Crippen molar-refractivity contribution in [1.29, 1.82) is 0 Å². The molecule has 7 nitrogen and oxygen atoms in total. The molecule has 0 aromatic carbocycles. The molecule has 1 fully saturated rings. The second-order valence-electron chi connectivity index (χ2n) is 23.3. The van der Waals surface area contributed by atoms with E-state index in [9.17, 15) is 19.2 Å². The van der Waals surface area contributed by atoms with E-state index in [2.05, 4.69) is 74.1 Å². The molecule has 1 rings (SSSR count). The van der Waals surface area contributed by atoms with Crippen LogP contribution in [-0.2, 0) is 28.7 Å². The molecule has 1 aliphatic heterocycles. The third kappa shape index (κ3) is 68.5. The molecule has 0 bridgehead atoms. The maximum absolute atomic E-state index is 12.8. The number of Topliss-reactive ketones (excluding diaryl/α,β-unsaturated/α-hetero) is 2. The minimum Gasteiger partial charge on any atom is -0.468 e. The lowest BCUT2D eigenvalue weighted by Gasteiger charge is -2.23. The summed E-state index contributed by atoms with van der Waals surface area (Å²) in [5, 5.41) is 0. The quantitative estimate of drug-likeness (QED) is 0.0443. The minimum atomic E-state index is 0.229. The average Bonchev–Trinajstić information content (AvgIpc) is 3.88. The highest BCUT2D eigenvalue weighted by atomic mass is 16.5. The summed E-state index contributed by atoms with van der Waals surface area (Å²) in [7, 11) is 1.79. The molecule has 0 aliphatic carbocycles. The number of aldehydes is 1. The lowest BCUT2D eigenvalue weighted by atomic mass is 9.81. The number of ketones is 2. The number of likely N-dealkylation sites (tertiary alicyclic amines) is 1. The van der Waals surface area contributed by atoms with Gasteiger partial charge in [0.05, 0.1) is 12.7 Å². The highest BCUT2D eigenvalue weighted by Gasteiger charge is 2.23. The zero-order valence-electron chi connectivity index (χ0n) is 54.6. The van der Waals surface area contributed by atoms with Crippen molar-refractivity contribution in [3.63, 3.8) is 0 Å². The van der Waals surface area contributed by atoms with Crippen LogP contribution in [0.4, 0.5) is 0 Å².